The van der Waals surface area contributed by atoms with E-state index in [1.54, 1.807) is 7.11 Å². The summed E-state index contributed by atoms with van der Waals surface area (Å²) >= 11 is 10.9. The molecule has 94 valence electrons. The van der Waals surface area contributed by atoms with Crippen molar-refractivity contribution in [3.05, 3.63) is 29.0 Å². The van der Waals surface area contributed by atoms with Gasteiger partial charge in [-0.15, -0.1) is 0 Å². The molecule has 0 bridgehead atoms. The Bertz CT molecular complexity index is 390. The monoisotopic (exact) mass is 276 g/mol. The third-order valence-corrected chi connectivity index (χ3v) is 2.56. The maximum Gasteiger partial charge on any atom is 0.170 e. The molecule has 0 aliphatic carbocycles. The Morgan fingerprint density at radius 2 is 2.29 bits per heavy atom. The van der Waals surface area contributed by atoms with Crippen LogP contribution in [0.1, 0.15) is 6.42 Å². The highest BCUT2D eigenvalue weighted by Gasteiger charge is 2.03. The van der Waals surface area contributed by atoms with Gasteiger partial charge in [0, 0.05) is 20.3 Å². The van der Waals surface area contributed by atoms with Crippen LogP contribution in [0.3, 0.4) is 0 Å². The zero-order valence-electron chi connectivity index (χ0n) is 9.43. The van der Waals surface area contributed by atoms with Gasteiger partial charge in [-0.05, 0) is 36.8 Å². The van der Waals surface area contributed by atoms with Crippen LogP contribution < -0.4 is 10.6 Å². The maximum atomic E-state index is 13.0. The van der Waals surface area contributed by atoms with Crippen LogP contribution >= 0.6 is 23.8 Å². The van der Waals surface area contributed by atoms with Crippen molar-refractivity contribution in [3.8, 4) is 0 Å². The van der Waals surface area contributed by atoms with Crippen LogP contribution in [0.25, 0.3) is 0 Å². The summed E-state index contributed by atoms with van der Waals surface area (Å²) in [5.41, 5.74) is 0.455. The highest BCUT2D eigenvalue weighted by molar-refractivity contribution is 7.80. The van der Waals surface area contributed by atoms with Crippen molar-refractivity contribution < 1.29 is 9.13 Å². The largest absolute Gasteiger partial charge is 0.385 e. The molecule has 0 amide bonds. The molecule has 1 aromatic rings. The highest BCUT2D eigenvalue weighted by atomic mass is 35.5. The summed E-state index contributed by atoms with van der Waals surface area (Å²) < 4.78 is 17.9. The first-order valence-corrected chi connectivity index (χ1v) is 5.91. The molecule has 17 heavy (non-hydrogen) atoms. The van der Waals surface area contributed by atoms with E-state index in [0.717, 1.165) is 6.42 Å². The second-order valence-corrected chi connectivity index (χ2v) is 4.17. The van der Waals surface area contributed by atoms with E-state index in [1.165, 1.54) is 18.2 Å². The minimum atomic E-state index is -0.362. The minimum Gasteiger partial charge on any atom is -0.385 e. The van der Waals surface area contributed by atoms with E-state index in [2.05, 4.69) is 10.6 Å². The number of hydrogen-bond acceptors (Lipinski definition) is 2. The summed E-state index contributed by atoms with van der Waals surface area (Å²) in [7, 11) is 1.64. The number of methoxy groups -OCH3 is 1. The molecule has 0 atom stereocenters. The van der Waals surface area contributed by atoms with Crippen LogP contribution in [0.4, 0.5) is 10.1 Å². The van der Waals surface area contributed by atoms with Gasteiger partial charge in [-0.2, -0.15) is 0 Å². The molecule has 1 rings (SSSR count). The van der Waals surface area contributed by atoms with Crippen LogP contribution in [0.5, 0.6) is 0 Å². The van der Waals surface area contributed by atoms with E-state index in [9.17, 15) is 4.39 Å². The third kappa shape index (κ3) is 5.30. The number of hydrogen-bond donors (Lipinski definition) is 2. The van der Waals surface area contributed by atoms with Gasteiger partial charge in [-0.3, -0.25) is 0 Å². The Balaban J connectivity index is 2.42. The summed E-state index contributed by atoms with van der Waals surface area (Å²) in [6.45, 7) is 1.35. The van der Waals surface area contributed by atoms with Crippen LogP contribution in [0.2, 0.25) is 5.02 Å². The molecule has 2 N–H and O–H groups in total. The summed E-state index contributed by atoms with van der Waals surface area (Å²) in [5, 5.41) is 6.64. The van der Waals surface area contributed by atoms with E-state index in [0.29, 0.717) is 29.0 Å². The standard InChI is InChI=1S/C11H14ClFN2OS/c1-16-6-2-5-14-11(17)15-10-7-8(13)3-4-9(10)12/h3-4,7H,2,5-6H2,1H3,(H2,14,15,17). The molecule has 6 heteroatoms. The lowest BCUT2D eigenvalue weighted by molar-refractivity contribution is 0.196. The smallest absolute Gasteiger partial charge is 0.170 e. The first-order valence-electron chi connectivity index (χ1n) is 5.12. The average Bonchev–Trinajstić information content (AvgIpc) is 2.29. The van der Waals surface area contributed by atoms with E-state index in [4.69, 9.17) is 28.6 Å². The molecule has 0 unspecified atom stereocenters. The van der Waals surface area contributed by atoms with Crippen molar-refractivity contribution in [2.75, 3.05) is 25.6 Å². The van der Waals surface area contributed by atoms with Gasteiger partial charge in [0.05, 0.1) is 10.7 Å². The Kier molecular flexibility index (Phi) is 6.18. The van der Waals surface area contributed by atoms with Crippen molar-refractivity contribution in [3.63, 3.8) is 0 Å². The number of benzene rings is 1. The average molecular weight is 277 g/mol. The summed E-state index contributed by atoms with van der Waals surface area (Å²) in [6.07, 6.45) is 0.842. The quantitative estimate of drug-likeness (QED) is 0.640. The second-order valence-electron chi connectivity index (χ2n) is 3.35. The Morgan fingerprint density at radius 3 is 3.00 bits per heavy atom. The number of thiocarbonyl (C=S) groups is 1. The molecule has 0 saturated heterocycles. The normalized spacial score (nSPS) is 10.1. The lowest BCUT2D eigenvalue weighted by Gasteiger charge is -2.11. The summed E-state index contributed by atoms with van der Waals surface area (Å²) in [4.78, 5) is 0. The lowest BCUT2D eigenvalue weighted by atomic mass is 10.3. The molecule has 0 saturated carbocycles. The zero-order chi connectivity index (χ0) is 12.7. The van der Waals surface area contributed by atoms with Gasteiger partial charge in [0.25, 0.3) is 0 Å². The first-order chi connectivity index (χ1) is 8.13. The molecule has 0 radical (unpaired) electrons. The molecule has 0 aliphatic rings. The van der Waals surface area contributed by atoms with Crippen molar-refractivity contribution in [1.29, 1.82) is 0 Å². The predicted molar refractivity (Wildman–Crippen MR) is 72.1 cm³/mol. The van der Waals surface area contributed by atoms with Crippen LogP contribution in [-0.2, 0) is 4.74 Å². The van der Waals surface area contributed by atoms with Crippen LogP contribution in [0.15, 0.2) is 18.2 Å². The zero-order valence-corrected chi connectivity index (χ0v) is 11.0. The van der Waals surface area contributed by atoms with E-state index in [-0.39, 0.29) is 5.82 Å². The molecule has 0 aromatic heterocycles. The van der Waals surface area contributed by atoms with E-state index < -0.39 is 0 Å². The highest BCUT2D eigenvalue weighted by Crippen LogP contribution is 2.22. The van der Waals surface area contributed by atoms with Gasteiger partial charge >= 0.3 is 0 Å². The Labute approximate surface area is 110 Å². The fourth-order valence-electron chi connectivity index (χ4n) is 1.18. The van der Waals surface area contributed by atoms with Gasteiger partial charge in [-0.25, -0.2) is 4.39 Å². The second kappa shape index (κ2) is 7.42. The summed E-state index contributed by atoms with van der Waals surface area (Å²) in [6, 6.07) is 4.07. The van der Waals surface area contributed by atoms with Gasteiger partial charge in [0.2, 0.25) is 0 Å². The number of nitrogens with one attached hydrogen (secondary N) is 2. The number of halogens is 2. The van der Waals surface area contributed by atoms with Gasteiger partial charge in [-0.1, -0.05) is 11.6 Å². The van der Waals surface area contributed by atoms with E-state index in [1.807, 2.05) is 0 Å². The van der Waals surface area contributed by atoms with Crippen molar-refractivity contribution >= 4 is 34.6 Å². The molecule has 3 nitrogen and oxygen atoms in total. The molecule has 0 heterocycles. The topological polar surface area (TPSA) is 33.3 Å². The van der Waals surface area contributed by atoms with Gasteiger partial charge < -0.3 is 15.4 Å². The van der Waals surface area contributed by atoms with Crippen molar-refractivity contribution in [2.24, 2.45) is 0 Å². The van der Waals surface area contributed by atoms with Crippen LogP contribution in [-0.4, -0.2) is 25.4 Å². The molecule has 0 aliphatic heterocycles. The number of ether oxygens (including phenoxy) is 1. The SMILES string of the molecule is COCCCNC(=S)Nc1cc(F)ccc1Cl. The minimum absolute atomic E-state index is 0.362. The fraction of sp³-hybridized carbons (Fsp3) is 0.364. The van der Waals surface area contributed by atoms with Crippen molar-refractivity contribution in [1.82, 2.24) is 5.32 Å². The molecule has 0 spiro atoms. The van der Waals surface area contributed by atoms with Gasteiger partial charge in [0.1, 0.15) is 5.82 Å². The molecule has 1 aromatic carbocycles. The summed E-state index contributed by atoms with van der Waals surface area (Å²) in [5.74, 6) is -0.362. The van der Waals surface area contributed by atoms with E-state index >= 15 is 0 Å². The Hall–Kier alpha value is -0.910. The predicted octanol–water partition coefficient (Wildman–Crippen LogP) is 2.80. The molecular weight excluding hydrogens is 263 g/mol. The lowest BCUT2D eigenvalue weighted by Crippen LogP contribution is -2.29. The Morgan fingerprint density at radius 1 is 1.53 bits per heavy atom. The molecule has 0 fully saturated rings. The van der Waals surface area contributed by atoms with Gasteiger partial charge in [0.15, 0.2) is 5.11 Å². The van der Waals surface area contributed by atoms with Crippen molar-refractivity contribution in [2.45, 2.75) is 6.42 Å². The maximum absolute atomic E-state index is 13.0. The number of anilines is 1. The third-order valence-electron chi connectivity index (χ3n) is 1.99. The fourth-order valence-corrected chi connectivity index (χ4v) is 1.56. The van der Waals surface area contributed by atoms with Crippen LogP contribution in [0, 0.1) is 5.82 Å². The molecular formula is C11H14ClFN2OS. The first kappa shape index (κ1) is 14.2. The number of rotatable bonds is 5.